The van der Waals surface area contributed by atoms with Gasteiger partial charge in [0.1, 0.15) is 0 Å². The van der Waals surface area contributed by atoms with Crippen LogP contribution in [0.3, 0.4) is 0 Å². The van der Waals surface area contributed by atoms with E-state index in [9.17, 15) is 4.79 Å². The molecule has 0 spiro atoms. The van der Waals surface area contributed by atoms with Crippen LogP contribution in [0.4, 0.5) is 11.9 Å². The summed E-state index contributed by atoms with van der Waals surface area (Å²) >= 11 is 0. The van der Waals surface area contributed by atoms with Gasteiger partial charge in [-0.05, 0) is 12.8 Å². The van der Waals surface area contributed by atoms with Gasteiger partial charge < -0.3 is 19.9 Å². The summed E-state index contributed by atoms with van der Waals surface area (Å²) in [5.74, 6) is 2.13. The van der Waals surface area contributed by atoms with E-state index in [4.69, 9.17) is 4.74 Å². The Morgan fingerprint density at radius 3 is 2.61 bits per heavy atom. The summed E-state index contributed by atoms with van der Waals surface area (Å²) < 4.78 is 5.37. The Balaban J connectivity index is 1.72. The minimum absolute atomic E-state index is 0.107. The standard InChI is InChI=1S/C15H24N6O2/c1-20(2)14-17-12(10-16-13(22)11-4-3-5-11)18-15(19-14)21-6-8-23-9-7-21/h11H,3-10H2,1-2H3,(H,16,22). The molecule has 1 aromatic rings. The monoisotopic (exact) mass is 320 g/mol. The molecule has 8 heteroatoms. The number of carbonyl (C=O) groups excluding carboxylic acids is 1. The molecule has 0 aromatic carbocycles. The Morgan fingerprint density at radius 1 is 1.26 bits per heavy atom. The summed E-state index contributed by atoms with van der Waals surface area (Å²) in [7, 11) is 3.80. The summed E-state index contributed by atoms with van der Waals surface area (Å²) in [5.41, 5.74) is 0. The molecule has 0 atom stereocenters. The number of morpholine rings is 1. The van der Waals surface area contributed by atoms with Gasteiger partial charge in [0.15, 0.2) is 5.82 Å². The van der Waals surface area contributed by atoms with E-state index in [1.54, 1.807) is 0 Å². The molecule has 1 aliphatic carbocycles. The molecule has 2 fully saturated rings. The number of amides is 1. The molecule has 1 amide bonds. The van der Waals surface area contributed by atoms with Gasteiger partial charge in [-0.25, -0.2) is 0 Å². The third kappa shape index (κ3) is 3.87. The first-order valence-electron chi connectivity index (χ1n) is 8.16. The molecule has 0 bridgehead atoms. The average molecular weight is 320 g/mol. The molecule has 3 rings (SSSR count). The molecular formula is C15H24N6O2. The fourth-order valence-corrected chi connectivity index (χ4v) is 2.56. The van der Waals surface area contributed by atoms with Crippen molar-refractivity contribution < 1.29 is 9.53 Å². The Morgan fingerprint density at radius 2 is 2.00 bits per heavy atom. The van der Waals surface area contributed by atoms with Gasteiger partial charge in [-0.2, -0.15) is 15.0 Å². The quantitative estimate of drug-likeness (QED) is 0.829. The van der Waals surface area contributed by atoms with Crippen LogP contribution >= 0.6 is 0 Å². The lowest BCUT2D eigenvalue weighted by Gasteiger charge is -2.27. The number of carbonyl (C=O) groups is 1. The lowest BCUT2D eigenvalue weighted by molar-refractivity contribution is -0.127. The van der Waals surface area contributed by atoms with Crippen LogP contribution in [0.2, 0.25) is 0 Å². The summed E-state index contributed by atoms with van der Waals surface area (Å²) in [4.78, 5) is 29.4. The van der Waals surface area contributed by atoms with Gasteiger partial charge >= 0.3 is 0 Å². The minimum Gasteiger partial charge on any atom is -0.378 e. The van der Waals surface area contributed by atoms with Crippen molar-refractivity contribution in [2.45, 2.75) is 25.8 Å². The highest BCUT2D eigenvalue weighted by Crippen LogP contribution is 2.26. The molecule has 1 saturated carbocycles. The van der Waals surface area contributed by atoms with Crippen LogP contribution in [-0.2, 0) is 16.1 Å². The number of ether oxygens (including phenoxy) is 1. The van der Waals surface area contributed by atoms with Crippen molar-refractivity contribution in [2.24, 2.45) is 5.92 Å². The highest BCUT2D eigenvalue weighted by atomic mass is 16.5. The van der Waals surface area contributed by atoms with Crippen molar-refractivity contribution in [3.8, 4) is 0 Å². The zero-order valence-electron chi connectivity index (χ0n) is 13.8. The number of hydrogen-bond donors (Lipinski definition) is 1. The Bertz CT molecular complexity index is 555. The Kier molecular flexibility index (Phi) is 4.90. The zero-order chi connectivity index (χ0) is 16.2. The smallest absolute Gasteiger partial charge is 0.230 e. The van der Waals surface area contributed by atoms with Crippen LogP contribution in [0.15, 0.2) is 0 Å². The molecule has 0 unspecified atom stereocenters. The van der Waals surface area contributed by atoms with Gasteiger partial charge in [0.2, 0.25) is 17.8 Å². The Hall–Kier alpha value is -1.96. The van der Waals surface area contributed by atoms with Crippen LogP contribution in [-0.4, -0.2) is 61.3 Å². The second-order valence-corrected chi connectivity index (χ2v) is 6.19. The maximum absolute atomic E-state index is 12.0. The van der Waals surface area contributed by atoms with E-state index in [-0.39, 0.29) is 11.8 Å². The second kappa shape index (κ2) is 7.08. The molecule has 1 aliphatic heterocycles. The first-order chi connectivity index (χ1) is 11.1. The summed E-state index contributed by atoms with van der Waals surface area (Å²) in [6.07, 6.45) is 3.13. The molecule has 2 heterocycles. The third-order valence-corrected chi connectivity index (χ3v) is 4.25. The molecule has 1 aromatic heterocycles. The van der Waals surface area contributed by atoms with Gasteiger partial charge in [-0.1, -0.05) is 6.42 Å². The molecule has 126 valence electrons. The summed E-state index contributed by atoms with van der Waals surface area (Å²) in [6.45, 7) is 3.24. The number of anilines is 2. The molecule has 8 nitrogen and oxygen atoms in total. The maximum atomic E-state index is 12.0. The van der Waals surface area contributed by atoms with Gasteiger partial charge in [-0.15, -0.1) is 0 Å². The fraction of sp³-hybridized carbons (Fsp3) is 0.733. The van der Waals surface area contributed by atoms with Crippen molar-refractivity contribution in [1.82, 2.24) is 20.3 Å². The van der Waals surface area contributed by atoms with E-state index < -0.39 is 0 Å². The van der Waals surface area contributed by atoms with Crippen molar-refractivity contribution >= 4 is 17.8 Å². The van der Waals surface area contributed by atoms with Crippen LogP contribution in [0.25, 0.3) is 0 Å². The predicted octanol–water partition coefficient (Wildman–Crippen LogP) is 0.191. The number of hydrogen-bond acceptors (Lipinski definition) is 7. The van der Waals surface area contributed by atoms with Gasteiger partial charge in [0.05, 0.1) is 19.8 Å². The van der Waals surface area contributed by atoms with Crippen LogP contribution in [0, 0.1) is 5.92 Å². The number of rotatable bonds is 5. The number of nitrogens with one attached hydrogen (secondary N) is 1. The predicted molar refractivity (Wildman–Crippen MR) is 86.4 cm³/mol. The van der Waals surface area contributed by atoms with Crippen LogP contribution in [0.1, 0.15) is 25.1 Å². The lowest BCUT2D eigenvalue weighted by atomic mass is 9.85. The average Bonchev–Trinajstić information content (AvgIpc) is 2.52. The topological polar surface area (TPSA) is 83.5 Å². The SMILES string of the molecule is CN(C)c1nc(CNC(=O)C2CCC2)nc(N2CCOCC2)n1. The van der Waals surface area contributed by atoms with Gasteiger partial charge in [-0.3, -0.25) is 4.79 Å². The van der Waals surface area contributed by atoms with E-state index in [1.807, 2.05) is 19.0 Å². The first-order valence-corrected chi connectivity index (χ1v) is 8.16. The molecule has 0 radical (unpaired) electrons. The van der Waals surface area contributed by atoms with E-state index in [0.29, 0.717) is 37.5 Å². The first kappa shape index (κ1) is 15.9. The van der Waals surface area contributed by atoms with Crippen LogP contribution in [0.5, 0.6) is 0 Å². The molecule has 1 saturated heterocycles. The zero-order valence-corrected chi connectivity index (χ0v) is 13.8. The summed E-state index contributed by atoms with van der Waals surface area (Å²) in [5, 5.41) is 2.94. The molecular weight excluding hydrogens is 296 g/mol. The fourth-order valence-electron chi connectivity index (χ4n) is 2.56. The van der Waals surface area contributed by atoms with E-state index in [2.05, 4.69) is 25.2 Å². The van der Waals surface area contributed by atoms with Crippen molar-refractivity contribution in [3.05, 3.63) is 5.82 Å². The molecule has 1 N–H and O–H groups in total. The van der Waals surface area contributed by atoms with E-state index in [0.717, 1.165) is 32.4 Å². The molecule has 2 aliphatic rings. The maximum Gasteiger partial charge on any atom is 0.230 e. The minimum atomic E-state index is 0.107. The van der Waals surface area contributed by atoms with Crippen molar-refractivity contribution in [3.63, 3.8) is 0 Å². The van der Waals surface area contributed by atoms with E-state index in [1.165, 1.54) is 0 Å². The highest BCUT2D eigenvalue weighted by Gasteiger charge is 2.25. The van der Waals surface area contributed by atoms with Crippen molar-refractivity contribution in [1.29, 1.82) is 0 Å². The van der Waals surface area contributed by atoms with Gasteiger partial charge in [0, 0.05) is 33.1 Å². The number of aromatic nitrogens is 3. The normalized spacial score (nSPS) is 18.4. The Labute approximate surface area is 136 Å². The summed E-state index contributed by atoms with van der Waals surface area (Å²) in [6, 6.07) is 0. The number of nitrogens with zero attached hydrogens (tertiary/aromatic N) is 5. The lowest BCUT2D eigenvalue weighted by Crippen LogP contribution is -2.38. The second-order valence-electron chi connectivity index (χ2n) is 6.19. The van der Waals surface area contributed by atoms with Crippen molar-refractivity contribution in [2.75, 3.05) is 50.2 Å². The van der Waals surface area contributed by atoms with Crippen LogP contribution < -0.4 is 15.1 Å². The largest absolute Gasteiger partial charge is 0.378 e. The van der Waals surface area contributed by atoms with Gasteiger partial charge in [0.25, 0.3) is 0 Å². The van der Waals surface area contributed by atoms with E-state index >= 15 is 0 Å². The highest BCUT2D eigenvalue weighted by molar-refractivity contribution is 5.79. The molecule has 23 heavy (non-hydrogen) atoms. The third-order valence-electron chi connectivity index (χ3n) is 4.25.